The summed E-state index contributed by atoms with van der Waals surface area (Å²) in [5, 5.41) is 2.66. The predicted molar refractivity (Wildman–Crippen MR) is 84.3 cm³/mol. The summed E-state index contributed by atoms with van der Waals surface area (Å²) in [5.74, 6) is -2.49. The van der Waals surface area contributed by atoms with E-state index in [1.807, 2.05) is 12.1 Å². The molecule has 0 heterocycles. The van der Waals surface area contributed by atoms with Crippen molar-refractivity contribution >= 4 is 17.3 Å². The van der Waals surface area contributed by atoms with Gasteiger partial charge in [-0.2, -0.15) is 0 Å². The average molecular weight is 304 g/mol. The average Bonchev–Trinajstić information content (AvgIpc) is 2.52. The fourth-order valence-corrected chi connectivity index (χ4v) is 2.18. The van der Waals surface area contributed by atoms with Crippen LogP contribution in [0.25, 0.3) is 0 Å². The van der Waals surface area contributed by atoms with E-state index >= 15 is 0 Å². The lowest BCUT2D eigenvalue weighted by molar-refractivity contribution is 0.102. The van der Waals surface area contributed by atoms with Gasteiger partial charge in [0, 0.05) is 30.0 Å². The van der Waals surface area contributed by atoms with Crippen LogP contribution in [0.2, 0.25) is 0 Å². The molecule has 2 aromatic rings. The van der Waals surface area contributed by atoms with E-state index in [4.69, 9.17) is 0 Å². The molecule has 0 saturated heterocycles. The Labute approximate surface area is 128 Å². The van der Waals surface area contributed by atoms with Gasteiger partial charge in [-0.1, -0.05) is 0 Å². The van der Waals surface area contributed by atoms with E-state index in [1.165, 1.54) is 6.07 Å². The molecule has 0 unspecified atom stereocenters. The summed E-state index contributed by atoms with van der Waals surface area (Å²) in [6.45, 7) is 5.94. The van der Waals surface area contributed by atoms with Crippen LogP contribution in [-0.2, 0) is 0 Å². The zero-order valence-electron chi connectivity index (χ0n) is 12.6. The van der Waals surface area contributed by atoms with Crippen molar-refractivity contribution in [3.63, 3.8) is 0 Å². The molecule has 0 spiro atoms. The van der Waals surface area contributed by atoms with Crippen LogP contribution in [0.1, 0.15) is 24.2 Å². The van der Waals surface area contributed by atoms with Crippen molar-refractivity contribution in [3.8, 4) is 0 Å². The van der Waals surface area contributed by atoms with Crippen molar-refractivity contribution in [3.05, 3.63) is 59.7 Å². The van der Waals surface area contributed by atoms with Crippen LogP contribution in [0.3, 0.4) is 0 Å². The Morgan fingerprint density at radius 2 is 1.64 bits per heavy atom. The van der Waals surface area contributed by atoms with E-state index in [-0.39, 0.29) is 5.56 Å². The maximum Gasteiger partial charge on any atom is 0.255 e. The molecule has 1 amide bonds. The predicted octanol–water partition coefficient (Wildman–Crippen LogP) is 4.06. The third-order valence-electron chi connectivity index (χ3n) is 3.44. The number of halogens is 2. The molecule has 0 bridgehead atoms. The molecule has 2 rings (SSSR count). The topological polar surface area (TPSA) is 32.3 Å². The van der Waals surface area contributed by atoms with Gasteiger partial charge in [-0.15, -0.1) is 0 Å². The van der Waals surface area contributed by atoms with Gasteiger partial charge in [-0.3, -0.25) is 4.79 Å². The van der Waals surface area contributed by atoms with Crippen LogP contribution in [0, 0.1) is 11.6 Å². The second-order valence-corrected chi connectivity index (χ2v) is 4.80. The first-order valence-corrected chi connectivity index (χ1v) is 7.16. The van der Waals surface area contributed by atoms with E-state index in [1.54, 1.807) is 12.1 Å². The standard InChI is InChI=1S/C17H18F2N2O/c1-3-21(4-2)14-8-6-13(7-9-14)20-17(22)12-5-10-15(18)16(19)11-12/h5-11H,3-4H2,1-2H3,(H,20,22). The van der Waals surface area contributed by atoms with Gasteiger partial charge in [0.05, 0.1) is 0 Å². The third kappa shape index (κ3) is 3.61. The number of benzene rings is 2. The minimum absolute atomic E-state index is 0.0757. The summed E-state index contributed by atoms with van der Waals surface area (Å²) in [6, 6.07) is 10.5. The van der Waals surface area contributed by atoms with Gasteiger partial charge in [-0.25, -0.2) is 8.78 Å². The number of hydrogen-bond donors (Lipinski definition) is 1. The van der Waals surface area contributed by atoms with Crippen molar-refractivity contribution in [2.45, 2.75) is 13.8 Å². The quantitative estimate of drug-likeness (QED) is 0.903. The van der Waals surface area contributed by atoms with Crippen LogP contribution in [0.5, 0.6) is 0 Å². The number of hydrogen-bond acceptors (Lipinski definition) is 2. The first kappa shape index (κ1) is 15.9. The lowest BCUT2D eigenvalue weighted by Gasteiger charge is -2.21. The van der Waals surface area contributed by atoms with Gasteiger partial charge < -0.3 is 10.2 Å². The molecule has 22 heavy (non-hydrogen) atoms. The molecule has 0 saturated carbocycles. The molecule has 2 aromatic carbocycles. The highest BCUT2D eigenvalue weighted by Crippen LogP contribution is 2.18. The molecule has 0 aromatic heterocycles. The SMILES string of the molecule is CCN(CC)c1ccc(NC(=O)c2ccc(F)c(F)c2)cc1. The maximum absolute atomic E-state index is 13.1. The number of carbonyl (C=O) groups excluding carboxylic acids is 1. The number of rotatable bonds is 5. The summed E-state index contributed by atoms with van der Waals surface area (Å²) in [7, 11) is 0. The molecule has 5 heteroatoms. The highest BCUT2D eigenvalue weighted by Gasteiger charge is 2.10. The van der Waals surface area contributed by atoms with Crippen molar-refractivity contribution in [2.75, 3.05) is 23.3 Å². The molecule has 0 radical (unpaired) electrons. The second kappa shape index (κ2) is 7.02. The van der Waals surface area contributed by atoms with Crippen molar-refractivity contribution in [2.24, 2.45) is 0 Å². The maximum atomic E-state index is 13.1. The molecule has 0 fully saturated rings. The zero-order valence-corrected chi connectivity index (χ0v) is 12.6. The molecule has 0 aliphatic carbocycles. The number of carbonyl (C=O) groups is 1. The van der Waals surface area contributed by atoms with Gasteiger partial charge in [-0.05, 0) is 56.3 Å². The normalized spacial score (nSPS) is 10.4. The lowest BCUT2D eigenvalue weighted by Crippen LogP contribution is -2.21. The lowest BCUT2D eigenvalue weighted by atomic mass is 10.2. The Morgan fingerprint density at radius 1 is 1.00 bits per heavy atom. The summed E-state index contributed by atoms with van der Waals surface area (Å²) in [4.78, 5) is 14.2. The monoisotopic (exact) mass is 304 g/mol. The van der Waals surface area contributed by atoms with E-state index < -0.39 is 17.5 Å². The van der Waals surface area contributed by atoms with Gasteiger partial charge in [0.1, 0.15) is 0 Å². The third-order valence-corrected chi connectivity index (χ3v) is 3.44. The molecule has 1 N–H and O–H groups in total. The van der Waals surface area contributed by atoms with Crippen LogP contribution < -0.4 is 10.2 Å². The first-order chi connectivity index (χ1) is 10.5. The van der Waals surface area contributed by atoms with Crippen molar-refractivity contribution < 1.29 is 13.6 Å². The Kier molecular flexibility index (Phi) is 5.09. The molecule has 0 aliphatic rings. The molecule has 0 aliphatic heterocycles. The highest BCUT2D eigenvalue weighted by atomic mass is 19.2. The summed E-state index contributed by atoms with van der Waals surface area (Å²) in [6.07, 6.45) is 0. The van der Waals surface area contributed by atoms with Crippen LogP contribution in [0.4, 0.5) is 20.2 Å². The van der Waals surface area contributed by atoms with Crippen LogP contribution in [-0.4, -0.2) is 19.0 Å². The Bertz CT molecular complexity index is 652. The molecular formula is C17H18F2N2O. The largest absolute Gasteiger partial charge is 0.372 e. The number of anilines is 2. The first-order valence-electron chi connectivity index (χ1n) is 7.16. The van der Waals surface area contributed by atoms with E-state index in [2.05, 4.69) is 24.1 Å². The minimum atomic E-state index is -1.04. The number of amides is 1. The van der Waals surface area contributed by atoms with E-state index in [9.17, 15) is 13.6 Å². The van der Waals surface area contributed by atoms with Crippen LogP contribution in [0.15, 0.2) is 42.5 Å². The Balaban J connectivity index is 2.10. The van der Waals surface area contributed by atoms with Gasteiger partial charge in [0.2, 0.25) is 0 Å². The number of nitrogens with one attached hydrogen (secondary N) is 1. The molecular weight excluding hydrogens is 286 g/mol. The summed E-state index contributed by atoms with van der Waals surface area (Å²) in [5.41, 5.74) is 1.74. The zero-order chi connectivity index (χ0) is 16.1. The Morgan fingerprint density at radius 3 is 2.18 bits per heavy atom. The van der Waals surface area contributed by atoms with Crippen molar-refractivity contribution in [1.29, 1.82) is 0 Å². The van der Waals surface area contributed by atoms with E-state index in [0.717, 1.165) is 30.9 Å². The second-order valence-electron chi connectivity index (χ2n) is 4.80. The fourth-order valence-electron chi connectivity index (χ4n) is 2.18. The fraction of sp³-hybridized carbons (Fsp3) is 0.235. The van der Waals surface area contributed by atoms with Gasteiger partial charge >= 0.3 is 0 Å². The van der Waals surface area contributed by atoms with Gasteiger partial charge in [0.25, 0.3) is 5.91 Å². The minimum Gasteiger partial charge on any atom is -0.372 e. The smallest absolute Gasteiger partial charge is 0.255 e. The Hall–Kier alpha value is -2.43. The summed E-state index contributed by atoms with van der Waals surface area (Å²) < 4.78 is 26.0. The molecule has 0 atom stereocenters. The summed E-state index contributed by atoms with van der Waals surface area (Å²) >= 11 is 0. The van der Waals surface area contributed by atoms with E-state index in [0.29, 0.717) is 5.69 Å². The van der Waals surface area contributed by atoms with Crippen LogP contribution >= 0.6 is 0 Å². The number of nitrogens with zero attached hydrogens (tertiary/aromatic N) is 1. The van der Waals surface area contributed by atoms with Crippen molar-refractivity contribution in [1.82, 2.24) is 0 Å². The highest BCUT2D eigenvalue weighted by molar-refractivity contribution is 6.04. The van der Waals surface area contributed by atoms with Gasteiger partial charge in [0.15, 0.2) is 11.6 Å². The molecule has 3 nitrogen and oxygen atoms in total. The molecule has 116 valence electrons.